The molecular weight excluding hydrogens is 324 g/mol. The van der Waals surface area contributed by atoms with Crippen LogP contribution in [0.1, 0.15) is 36.8 Å². The lowest BCUT2D eigenvalue weighted by Gasteiger charge is -2.31. The summed E-state index contributed by atoms with van der Waals surface area (Å²) in [6.07, 6.45) is 1.44. The highest BCUT2D eigenvalue weighted by molar-refractivity contribution is 5.76. The summed E-state index contributed by atoms with van der Waals surface area (Å²) < 4.78 is 6.89. The van der Waals surface area contributed by atoms with Crippen LogP contribution in [0.25, 0.3) is 0 Å². The molecule has 1 N–H and O–H groups in total. The van der Waals surface area contributed by atoms with Gasteiger partial charge in [-0.3, -0.25) is 14.7 Å². The number of H-pyrrole nitrogens is 1. The number of carbonyl (C=O) groups excluding carboxylic acids is 1. The summed E-state index contributed by atoms with van der Waals surface area (Å²) in [5.74, 6) is 1.21. The molecule has 1 aliphatic rings. The van der Waals surface area contributed by atoms with Crippen molar-refractivity contribution in [3.05, 3.63) is 39.8 Å². The van der Waals surface area contributed by atoms with Crippen molar-refractivity contribution in [3.8, 4) is 0 Å². The lowest BCUT2D eigenvalue weighted by molar-refractivity contribution is -0.140. The second kappa shape index (κ2) is 7.56. The molecule has 1 amide bonds. The normalized spacial score (nSPS) is 17.7. The minimum absolute atomic E-state index is 0.0810. The Kier molecular flexibility index (Phi) is 5.22. The maximum Gasteiger partial charge on any atom is 0.267 e. The summed E-state index contributed by atoms with van der Waals surface area (Å²) in [5.41, 5.74) is 0.401. The topological polar surface area (TPSA) is 106 Å². The summed E-state index contributed by atoms with van der Waals surface area (Å²) >= 11 is 0. The molecule has 2 aromatic heterocycles. The number of hydrogen-bond donors (Lipinski definition) is 1. The SMILES string of the molecule is CCCc1nc([C@@H]2CN(C(=O)Cn3nc(C)ccc3=O)CCO2)n[nH]1. The van der Waals surface area contributed by atoms with Gasteiger partial charge >= 0.3 is 0 Å². The third kappa shape index (κ3) is 4.11. The number of ether oxygens (including phenoxy) is 1. The highest BCUT2D eigenvalue weighted by Gasteiger charge is 2.28. The molecule has 0 radical (unpaired) electrons. The quantitative estimate of drug-likeness (QED) is 0.830. The third-order valence-electron chi connectivity index (χ3n) is 4.03. The van der Waals surface area contributed by atoms with Crippen molar-refractivity contribution in [2.45, 2.75) is 39.3 Å². The average Bonchev–Trinajstić information content (AvgIpc) is 3.07. The summed E-state index contributed by atoms with van der Waals surface area (Å²) in [7, 11) is 0. The van der Waals surface area contributed by atoms with Crippen LogP contribution in [-0.4, -0.2) is 55.5 Å². The van der Waals surface area contributed by atoms with E-state index in [9.17, 15) is 9.59 Å². The lowest BCUT2D eigenvalue weighted by atomic mass is 10.2. The van der Waals surface area contributed by atoms with Gasteiger partial charge in [0.25, 0.3) is 5.56 Å². The number of morpholine rings is 1. The fourth-order valence-corrected chi connectivity index (χ4v) is 2.73. The molecule has 0 saturated carbocycles. The number of aromatic nitrogens is 5. The zero-order chi connectivity index (χ0) is 17.8. The van der Waals surface area contributed by atoms with E-state index in [0.29, 0.717) is 31.2 Å². The zero-order valence-electron chi connectivity index (χ0n) is 14.4. The van der Waals surface area contributed by atoms with Gasteiger partial charge in [-0.2, -0.15) is 10.2 Å². The molecule has 0 unspecified atom stereocenters. The van der Waals surface area contributed by atoms with Gasteiger partial charge in [0.05, 0.1) is 18.8 Å². The van der Waals surface area contributed by atoms with E-state index in [0.717, 1.165) is 18.7 Å². The number of aryl methyl sites for hydroxylation is 2. The van der Waals surface area contributed by atoms with E-state index >= 15 is 0 Å². The Bertz CT molecular complexity index is 799. The second-order valence-corrected chi connectivity index (χ2v) is 6.06. The highest BCUT2D eigenvalue weighted by Crippen LogP contribution is 2.19. The number of rotatable bonds is 5. The van der Waals surface area contributed by atoms with E-state index < -0.39 is 0 Å². The van der Waals surface area contributed by atoms with E-state index in [1.54, 1.807) is 17.9 Å². The molecular formula is C16H22N6O3. The average molecular weight is 346 g/mol. The van der Waals surface area contributed by atoms with Gasteiger partial charge in [-0.1, -0.05) is 6.92 Å². The summed E-state index contributed by atoms with van der Waals surface area (Å²) in [4.78, 5) is 30.5. The van der Waals surface area contributed by atoms with Gasteiger partial charge in [-0.25, -0.2) is 9.67 Å². The molecule has 0 aliphatic carbocycles. The van der Waals surface area contributed by atoms with E-state index in [1.165, 1.54) is 10.7 Å². The van der Waals surface area contributed by atoms with Crippen LogP contribution in [0.2, 0.25) is 0 Å². The molecule has 9 nitrogen and oxygen atoms in total. The van der Waals surface area contributed by atoms with Gasteiger partial charge in [0.2, 0.25) is 5.91 Å². The van der Waals surface area contributed by atoms with Gasteiger partial charge < -0.3 is 9.64 Å². The van der Waals surface area contributed by atoms with Crippen molar-refractivity contribution < 1.29 is 9.53 Å². The summed E-state index contributed by atoms with van der Waals surface area (Å²) in [6.45, 7) is 5.01. The Hall–Kier alpha value is -2.55. The predicted octanol–water partition coefficient (Wildman–Crippen LogP) is 0.222. The Morgan fingerprint density at radius 1 is 1.44 bits per heavy atom. The van der Waals surface area contributed by atoms with Gasteiger partial charge in [-0.15, -0.1) is 0 Å². The summed E-state index contributed by atoms with van der Waals surface area (Å²) in [6, 6.07) is 3.05. The van der Waals surface area contributed by atoms with Crippen molar-refractivity contribution in [3.63, 3.8) is 0 Å². The Balaban J connectivity index is 1.66. The molecule has 1 atom stereocenters. The largest absolute Gasteiger partial charge is 0.366 e. The van der Waals surface area contributed by atoms with Crippen LogP contribution < -0.4 is 5.56 Å². The van der Waals surface area contributed by atoms with Crippen molar-refractivity contribution in [2.24, 2.45) is 0 Å². The van der Waals surface area contributed by atoms with Crippen LogP contribution in [0.3, 0.4) is 0 Å². The zero-order valence-corrected chi connectivity index (χ0v) is 14.4. The molecule has 1 saturated heterocycles. The van der Waals surface area contributed by atoms with Gasteiger partial charge in [0.15, 0.2) is 5.82 Å². The van der Waals surface area contributed by atoms with E-state index in [-0.39, 0.29) is 24.1 Å². The number of nitrogens with one attached hydrogen (secondary N) is 1. The fourth-order valence-electron chi connectivity index (χ4n) is 2.73. The van der Waals surface area contributed by atoms with Crippen LogP contribution in [0.15, 0.2) is 16.9 Å². The first kappa shape index (κ1) is 17.3. The fraction of sp³-hybridized carbons (Fsp3) is 0.562. The first-order valence-corrected chi connectivity index (χ1v) is 8.42. The molecule has 0 spiro atoms. The van der Waals surface area contributed by atoms with E-state index in [4.69, 9.17) is 4.74 Å². The second-order valence-electron chi connectivity index (χ2n) is 6.06. The van der Waals surface area contributed by atoms with Crippen LogP contribution in [0.4, 0.5) is 0 Å². The molecule has 25 heavy (non-hydrogen) atoms. The number of amides is 1. The number of hydrogen-bond acceptors (Lipinski definition) is 6. The molecule has 3 heterocycles. The highest BCUT2D eigenvalue weighted by atomic mass is 16.5. The minimum atomic E-state index is -0.359. The number of carbonyl (C=O) groups is 1. The maximum absolute atomic E-state index is 12.5. The van der Waals surface area contributed by atoms with Gasteiger partial charge in [0, 0.05) is 19.0 Å². The number of aromatic amines is 1. The molecule has 2 aromatic rings. The molecule has 9 heteroatoms. The Morgan fingerprint density at radius 2 is 2.28 bits per heavy atom. The Morgan fingerprint density at radius 3 is 3.08 bits per heavy atom. The first-order valence-electron chi connectivity index (χ1n) is 8.42. The predicted molar refractivity (Wildman–Crippen MR) is 88.9 cm³/mol. The summed E-state index contributed by atoms with van der Waals surface area (Å²) in [5, 5.41) is 11.2. The molecule has 1 aliphatic heterocycles. The van der Waals surface area contributed by atoms with E-state index in [1.807, 2.05) is 0 Å². The van der Waals surface area contributed by atoms with Crippen LogP contribution >= 0.6 is 0 Å². The molecule has 1 fully saturated rings. The van der Waals surface area contributed by atoms with Crippen molar-refractivity contribution in [1.29, 1.82) is 0 Å². The molecule has 0 bridgehead atoms. The van der Waals surface area contributed by atoms with E-state index in [2.05, 4.69) is 27.2 Å². The van der Waals surface area contributed by atoms with Crippen LogP contribution in [0.5, 0.6) is 0 Å². The Labute approximate surface area is 145 Å². The van der Waals surface area contributed by atoms with Crippen molar-refractivity contribution >= 4 is 5.91 Å². The third-order valence-corrected chi connectivity index (χ3v) is 4.03. The minimum Gasteiger partial charge on any atom is -0.366 e. The van der Waals surface area contributed by atoms with Gasteiger partial charge in [-0.05, 0) is 19.4 Å². The molecule has 0 aromatic carbocycles. The van der Waals surface area contributed by atoms with Crippen LogP contribution in [0, 0.1) is 6.92 Å². The number of nitrogens with zero attached hydrogens (tertiary/aromatic N) is 5. The molecule has 3 rings (SSSR count). The van der Waals surface area contributed by atoms with Crippen molar-refractivity contribution in [2.75, 3.05) is 19.7 Å². The molecule has 134 valence electrons. The maximum atomic E-state index is 12.5. The standard InChI is InChI=1S/C16H22N6O3/c1-3-4-13-17-16(19-18-13)12-9-21(7-8-25-12)15(24)10-22-14(23)6-5-11(2)20-22/h5-6,12H,3-4,7-10H2,1-2H3,(H,17,18,19)/t12-/m0/s1. The lowest BCUT2D eigenvalue weighted by Crippen LogP contribution is -2.45. The van der Waals surface area contributed by atoms with Crippen LogP contribution in [-0.2, 0) is 22.5 Å². The van der Waals surface area contributed by atoms with Gasteiger partial charge in [0.1, 0.15) is 18.5 Å². The first-order chi connectivity index (χ1) is 12.1. The monoisotopic (exact) mass is 346 g/mol. The smallest absolute Gasteiger partial charge is 0.267 e. The van der Waals surface area contributed by atoms with Crippen molar-refractivity contribution in [1.82, 2.24) is 29.9 Å².